The Labute approximate surface area is 243 Å². The molecule has 226 valence electrons. The lowest BCUT2D eigenvalue weighted by Crippen LogP contribution is -2.43. The molecule has 0 unspecified atom stereocenters. The van der Waals surface area contributed by atoms with E-state index in [9.17, 15) is 22.4 Å². The highest BCUT2D eigenvalue weighted by Crippen LogP contribution is 2.42. The largest absolute Gasteiger partial charge is 0.455 e. The molecular weight excluding hydrogens is 569 g/mol. The SMILES string of the molecule is CNC(=O)c1c(-c2ccc(F)cc2)oc2cc3c(cc12)[C@H](C)O[C@H](COC1CCN(C(=O)OC)CC1)CN3S(C)(=O)=O. The van der Waals surface area contributed by atoms with Gasteiger partial charge in [0.2, 0.25) is 10.0 Å². The van der Waals surface area contributed by atoms with Gasteiger partial charge in [-0.1, -0.05) is 0 Å². The molecule has 42 heavy (non-hydrogen) atoms. The molecule has 2 aliphatic rings. The summed E-state index contributed by atoms with van der Waals surface area (Å²) in [5.74, 6) is -0.587. The summed E-state index contributed by atoms with van der Waals surface area (Å²) in [6, 6.07) is 8.91. The number of hydrogen-bond donors (Lipinski definition) is 1. The lowest BCUT2D eigenvalue weighted by molar-refractivity contribution is -0.0745. The van der Waals surface area contributed by atoms with Gasteiger partial charge in [0.25, 0.3) is 5.91 Å². The number of fused-ring (bicyclic) bond motifs is 2. The van der Waals surface area contributed by atoms with Crippen LogP contribution in [-0.4, -0.2) is 84.2 Å². The molecule has 3 heterocycles. The van der Waals surface area contributed by atoms with Crippen LogP contribution in [0.15, 0.2) is 40.8 Å². The van der Waals surface area contributed by atoms with E-state index < -0.39 is 34.0 Å². The normalized spacial score (nSPS) is 19.8. The highest BCUT2D eigenvalue weighted by Gasteiger charge is 2.34. The number of nitrogens with zero attached hydrogens (tertiary/aromatic N) is 2. The third-order valence-corrected chi connectivity index (χ3v) is 8.81. The van der Waals surface area contributed by atoms with Crippen LogP contribution in [-0.2, 0) is 24.2 Å². The number of nitrogens with one attached hydrogen (secondary N) is 1. The van der Waals surface area contributed by atoms with Crippen molar-refractivity contribution in [3.8, 4) is 11.3 Å². The minimum Gasteiger partial charge on any atom is -0.455 e. The van der Waals surface area contributed by atoms with Crippen LogP contribution in [0.5, 0.6) is 0 Å². The van der Waals surface area contributed by atoms with E-state index in [0.717, 1.165) is 6.26 Å². The number of amides is 2. The van der Waals surface area contributed by atoms with Crippen LogP contribution in [0.3, 0.4) is 0 Å². The lowest BCUT2D eigenvalue weighted by atomic mass is 10.0. The molecule has 1 saturated heterocycles. The van der Waals surface area contributed by atoms with Crippen LogP contribution in [0.1, 0.15) is 41.8 Å². The number of carbonyl (C=O) groups excluding carboxylic acids is 2. The molecule has 0 saturated carbocycles. The van der Waals surface area contributed by atoms with Crippen molar-refractivity contribution < 1.29 is 41.0 Å². The van der Waals surface area contributed by atoms with E-state index in [1.165, 1.54) is 42.7 Å². The fourth-order valence-electron chi connectivity index (χ4n) is 5.52. The molecule has 2 aromatic carbocycles. The second-order valence-electron chi connectivity index (χ2n) is 10.5. The molecule has 1 fully saturated rings. The van der Waals surface area contributed by atoms with E-state index in [0.29, 0.717) is 53.7 Å². The molecule has 2 amide bonds. The Kier molecular flexibility index (Phi) is 8.44. The highest BCUT2D eigenvalue weighted by molar-refractivity contribution is 7.92. The molecule has 1 N–H and O–H groups in total. The van der Waals surface area contributed by atoms with Gasteiger partial charge in [-0.05, 0) is 50.1 Å². The van der Waals surface area contributed by atoms with Gasteiger partial charge in [-0.3, -0.25) is 9.10 Å². The van der Waals surface area contributed by atoms with Gasteiger partial charge in [-0.25, -0.2) is 17.6 Å². The van der Waals surface area contributed by atoms with Crippen molar-refractivity contribution in [2.24, 2.45) is 0 Å². The molecule has 3 aromatic rings. The Balaban J connectivity index is 1.46. The Morgan fingerprint density at radius 3 is 2.45 bits per heavy atom. The summed E-state index contributed by atoms with van der Waals surface area (Å²) < 4.78 is 64.4. The molecule has 2 aliphatic heterocycles. The topological polar surface area (TPSA) is 128 Å². The Morgan fingerprint density at radius 2 is 1.83 bits per heavy atom. The van der Waals surface area contributed by atoms with E-state index in [2.05, 4.69) is 5.32 Å². The number of sulfonamides is 1. The van der Waals surface area contributed by atoms with Crippen molar-refractivity contribution in [3.05, 3.63) is 53.3 Å². The van der Waals surface area contributed by atoms with Crippen LogP contribution >= 0.6 is 0 Å². The summed E-state index contributed by atoms with van der Waals surface area (Å²) in [6.07, 6.45) is 0.771. The van der Waals surface area contributed by atoms with Crippen LogP contribution in [0.25, 0.3) is 22.3 Å². The third kappa shape index (κ3) is 5.94. The number of ether oxygens (including phenoxy) is 3. The zero-order chi connectivity index (χ0) is 30.2. The number of hydrogen-bond acceptors (Lipinski definition) is 8. The van der Waals surface area contributed by atoms with Crippen LogP contribution in [0.2, 0.25) is 0 Å². The second-order valence-corrected chi connectivity index (χ2v) is 12.4. The van der Waals surface area contributed by atoms with Crippen molar-refractivity contribution in [1.82, 2.24) is 10.2 Å². The van der Waals surface area contributed by atoms with Gasteiger partial charge >= 0.3 is 6.09 Å². The van der Waals surface area contributed by atoms with Crippen molar-refractivity contribution >= 4 is 38.7 Å². The molecule has 0 spiro atoms. The van der Waals surface area contributed by atoms with Gasteiger partial charge in [-0.15, -0.1) is 0 Å². The first-order chi connectivity index (χ1) is 20.0. The number of methoxy groups -OCH3 is 1. The Bertz CT molecular complexity index is 1580. The van der Waals surface area contributed by atoms with Gasteiger partial charge in [-0.2, -0.15) is 0 Å². The molecule has 2 atom stereocenters. The second kappa shape index (κ2) is 11.9. The van der Waals surface area contributed by atoms with E-state index in [1.807, 2.05) is 6.92 Å². The minimum atomic E-state index is -3.75. The van der Waals surface area contributed by atoms with Crippen LogP contribution in [0, 0.1) is 5.82 Å². The van der Waals surface area contributed by atoms with E-state index in [4.69, 9.17) is 18.6 Å². The molecule has 0 radical (unpaired) electrons. The average molecular weight is 604 g/mol. The predicted octanol–water partition coefficient (Wildman–Crippen LogP) is 4.07. The first-order valence-corrected chi connectivity index (χ1v) is 15.5. The molecule has 11 nitrogen and oxygen atoms in total. The van der Waals surface area contributed by atoms with E-state index in [-0.39, 0.29) is 36.7 Å². The quantitative estimate of drug-likeness (QED) is 0.447. The van der Waals surface area contributed by atoms with Crippen LogP contribution in [0.4, 0.5) is 14.9 Å². The number of anilines is 1. The maximum absolute atomic E-state index is 13.6. The fourth-order valence-corrected chi connectivity index (χ4v) is 6.47. The zero-order valence-corrected chi connectivity index (χ0v) is 24.7. The van der Waals surface area contributed by atoms with E-state index >= 15 is 0 Å². The van der Waals surface area contributed by atoms with Crippen molar-refractivity contribution in [2.75, 3.05) is 51.0 Å². The number of rotatable bonds is 6. The molecule has 13 heteroatoms. The number of carbonyl (C=O) groups is 2. The summed E-state index contributed by atoms with van der Waals surface area (Å²) in [5.41, 5.74) is 2.01. The summed E-state index contributed by atoms with van der Waals surface area (Å²) >= 11 is 0. The van der Waals surface area contributed by atoms with E-state index in [1.54, 1.807) is 17.0 Å². The number of benzene rings is 2. The van der Waals surface area contributed by atoms with Crippen molar-refractivity contribution in [3.63, 3.8) is 0 Å². The predicted molar refractivity (Wildman–Crippen MR) is 153 cm³/mol. The van der Waals surface area contributed by atoms with Gasteiger partial charge in [0.15, 0.2) is 0 Å². The lowest BCUT2D eigenvalue weighted by Gasteiger charge is -2.32. The van der Waals surface area contributed by atoms with Gasteiger partial charge in [0.05, 0.1) is 50.0 Å². The third-order valence-electron chi connectivity index (χ3n) is 7.66. The minimum absolute atomic E-state index is 0.0104. The van der Waals surface area contributed by atoms with Gasteiger partial charge in [0, 0.05) is 42.7 Å². The number of likely N-dealkylation sites (tertiary alicyclic amines) is 1. The molecule has 5 rings (SSSR count). The Hall–Kier alpha value is -3.68. The zero-order valence-electron chi connectivity index (χ0n) is 23.9. The Morgan fingerprint density at radius 1 is 1.14 bits per heavy atom. The maximum Gasteiger partial charge on any atom is 0.409 e. The molecular formula is C29H34FN3O8S. The summed E-state index contributed by atoms with van der Waals surface area (Å²) in [7, 11) is -0.905. The van der Waals surface area contributed by atoms with Gasteiger partial charge in [0.1, 0.15) is 23.3 Å². The maximum atomic E-state index is 13.6. The first kappa shape index (κ1) is 29.8. The molecule has 0 bridgehead atoms. The smallest absolute Gasteiger partial charge is 0.409 e. The summed E-state index contributed by atoms with van der Waals surface area (Å²) in [6.45, 7) is 3.00. The first-order valence-electron chi connectivity index (χ1n) is 13.7. The van der Waals surface area contributed by atoms with Crippen LogP contribution < -0.4 is 9.62 Å². The number of furan rings is 1. The van der Waals surface area contributed by atoms with Crippen molar-refractivity contribution in [1.29, 1.82) is 0 Å². The molecule has 1 aromatic heterocycles. The highest BCUT2D eigenvalue weighted by atomic mass is 32.2. The average Bonchev–Trinajstić information content (AvgIpc) is 3.28. The standard InChI is InChI=1S/C29H34FN3O8S/c1-17-22-13-23-25(41-27(26(23)28(34)31-2)18-5-7-19(30)8-6-18)14-24(22)33(42(4,36)37)15-21(40-17)16-39-20-9-11-32(12-10-20)29(35)38-3/h5-8,13-14,17,20-21H,9-12,15-16H2,1-4H3,(H,31,34)/t17-,21-/m0/s1. The summed E-state index contributed by atoms with van der Waals surface area (Å²) in [4.78, 5) is 26.4. The monoisotopic (exact) mass is 603 g/mol. The molecule has 0 aliphatic carbocycles. The van der Waals surface area contributed by atoms with Gasteiger partial charge < -0.3 is 28.8 Å². The van der Waals surface area contributed by atoms with Crippen molar-refractivity contribution in [2.45, 2.75) is 38.1 Å². The number of piperidine rings is 1. The number of halogens is 1. The fraction of sp³-hybridized carbons (Fsp3) is 0.448. The summed E-state index contributed by atoms with van der Waals surface area (Å²) in [5, 5.41) is 3.10.